The van der Waals surface area contributed by atoms with Crippen molar-refractivity contribution in [3.05, 3.63) is 0 Å². The molecule has 2 nitrogen and oxygen atoms in total. The lowest BCUT2D eigenvalue weighted by Gasteiger charge is -2.09. The molecule has 2 unspecified atom stereocenters. The maximum atomic E-state index is 11.1. The third kappa shape index (κ3) is 18.8. The summed E-state index contributed by atoms with van der Waals surface area (Å²) in [7, 11) is 0. The number of rotatable bonds is 16. The summed E-state index contributed by atoms with van der Waals surface area (Å²) in [6, 6.07) is 0. The second kappa shape index (κ2) is 21.3. The van der Waals surface area contributed by atoms with E-state index in [1.165, 1.54) is 64.2 Å². The molecule has 0 aromatic carbocycles. The Morgan fingerprint density at radius 1 is 0.615 bits per heavy atom. The van der Waals surface area contributed by atoms with Gasteiger partial charge >= 0.3 is 0 Å². The summed E-state index contributed by atoms with van der Waals surface area (Å²) in [6.45, 7) is 7.85. The van der Waals surface area contributed by atoms with Crippen LogP contribution in [0.4, 0.5) is 0 Å². The lowest BCUT2D eigenvalue weighted by atomic mass is 10.1. The van der Waals surface area contributed by atoms with E-state index < -0.39 is 0 Å². The average molecular weight is 405 g/mol. The van der Waals surface area contributed by atoms with Gasteiger partial charge in [0.2, 0.25) is 0 Å². The fourth-order valence-corrected chi connectivity index (χ4v) is 4.31. The largest absolute Gasteiger partial charge is 0.299 e. The predicted octanol–water partition coefficient (Wildman–Crippen LogP) is 7.34. The highest BCUT2D eigenvalue weighted by atomic mass is 32.2. The van der Waals surface area contributed by atoms with Gasteiger partial charge in [0, 0.05) is 0 Å². The number of hydrogen-bond donors (Lipinski definition) is 0. The molecule has 156 valence electrons. The van der Waals surface area contributed by atoms with Gasteiger partial charge in [0.15, 0.2) is 0 Å². The van der Waals surface area contributed by atoms with Crippen LogP contribution in [0.1, 0.15) is 105 Å². The molecule has 0 heterocycles. The molecule has 0 saturated carbocycles. The van der Waals surface area contributed by atoms with Crippen molar-refractivity contribution >= 4 is 35.1 Å². The highest BCUT2D eigenvalue weighted by Crippen LogP contribution is 2.17. The van der Waals surface area contributed by atoms with Crippen LogP contribution in [0.5, 0.6) is 0 Å². The first-order valence-corrected chi connectivity index (χ1v) is 13.1. The number of ketones is 2. The number of unbranched alkanes of at least 4 members (excludes halogenated alkanes) is 8. The molecule has 0 radical (unpaired) electrons. The number of hydrogen-bond acceptors (Lipinski definition) is 4. The molecule has 2 atom stereocenters. The summed E-state index contributed by atoms with van der Waals surface area (Å²) in [6.07, 6.45) is 19.1. The molecule has 0 saturated heterocycles. The molecule has 0 N–H and O–H groups in total. The van der Waals surface area contributed by atoms with Crippen LogP contribution in [-0.4, -0.2) is 34.6 Å². The van der Waals surface area contributed by atoms with E-state index in [9.17, 15) is 9.59 Å². The van der Waals surface area contributed by atoms with Crippen LogP contribution < -0.4 is 0 Å². The van der Waals surface area contributed by atoms with Gasteiger partial charge in [0.1, 0.15) is 11.6 Å². The van der Waals surface area contributed by atoms with Gasteiger partial charge in [-0.25, -0.2) is 0 Å². The van der Waals surface area contributed by atoms with Crippen molar-refractivity contribution in [2.45, 2.75) is 115 Å². The summed E-state index contributed by atoms with van der Waals surface area (Å²) < 4.78 is 0. The Balaban J connectivity index is 0. The zero-order valence-electron chi connectivity index (χ0n) is 18.3. The van der Waals surface area contributed by atoms with Crippen molar-refractivity contribution in [3.8, 4) is 0 Å². The van der Waals surface area contributed by atoms with Crippen LogP contribution in [0.2, 0.25) is 0 Å². The molecule has 0 aliphatic carbocycles. The Bertz CT molecular complexity index is 300. The molecule has 26 heavy (non-hydrogen) atoms. The van der Waals surface area contributed by atoms with E-state index in [-0.39, 0.29) is 10.5 Å². The van der Waals surface area contributed by atoms with Gasteiger partial charge in [-0.05, 0) is 39.2 Å². The Hall–Kier alpha value is 0.0400. The van der Waals surface area contributed by atoms with Crippen molar-refractivity contribution in [3.63, 3.8) is 0 Å². The highest BCUT2D eigenvalue weighted by Gasteiger charge is 2.11. The molecule has 0 aromatic rings. The zero-order chi connectivity index (χ0) is 20.2. The topological polar surface area (TPSA) is 34.1 Å². The third-order valence-electron chi connectivity index (χ3n) is 4.62. The molecule has 4 heteroatoms. The fraction of sp³-hybridized carbons (Fsp3) is 0.909. The molecule has 0 bridgehead atoms. The number of carbonyl (C=O) groups is 2. The van der Waals surface area contributed by atoms with E-state index >= 15 is 0 Å². The maximum absolute atomic E-state index is 11.1. The van der Waals surface area contributed by atoms with E-state index in [0.29, 0.717) is 11.6 Å². The van der Waals surface area contributed by atoms with Crippen LogP contribution in [0.25, 0.3) is 0 Å². The lowest BCUT2D eigenvalue weighted by Crippen LogP contribution is -2.12. The van der Waals surface area contributed by atoms with Gasteiger partial charge in [-0.15, -0.1) is 0 Å². The normalized spacial score (nSPS) is 12.8. The smallest absolute Gasteiger partial charge is 0.142 e. The second-order valence-corrected chi connectivity index (χ2v) is 9.16. The Labute approximate surface area is 172 Å². The SMILES string of the molecule is CCCCCCCC(SC)C(C)=O.CCCCCCCC(SC)C(C)=O. The molecule has 0 aliphatic rings. The molecular formula is C22H44O2S2. The van der Waals surface area contributed by atoms with E-state index in [4.69, 9.17) is 0 Å². The maximum Gasteiger partial charge on any atom is 0.142 e. The molecule has 0 fully saturated rings. The fourth-order valence-electron chi connectivity index (χ4n) is 2.84. The summed E-state index contributed by atoms with van der Waals surface area (Å²) in [5, 5.41) is 0.503. The molecular weight excluding hydrogens is 360 g/mol. The Morgan fingerprint density at radius 2 is 0.923 bits per heavy atom. The monoisotopic (exact) mass is 404 g/mol. The highest BCUT2D eigenvalue weighted by molar-refractivity contribution is 8.00. The first-order valence-electron chi connectivity index (χ1n) is 10.5. The summed E-state index contributed by atoms with van der Waals surface area (Å²) in [5.41, 5.74) is 0. The second-order valence-electron chi connectivity index (χ2n) is 7.08. The quantitative estimate of drug-likeness (QED) is 0.252. The van der Waals surface area contributed by atoms with Crippen LogP contribution in [-0.2, 0) is 9.59 Å². The van der Waals surface area contributed by atoms with Gasteiger partial charge in [-0.2, -0.15) is 23.5 Å². The Morgan fingerprint density at radius 3 is 1.15 bits per heavy atom. The summed E-state index contributed by atoms with van der Waals surface area (Å²) >= 11 is 3.38. The van der Waals surface area contributed by atoms with E-state index in [0.717, 1.165) is 12.8 Å². The van der Waals surface area contributed by atoms with E-state index in [1.54, 1.807) is 37.4 Å². The van der Waals surface area contributed by atoms with Gasteiger partial charge in [0.05, 0.1) is 10.5 Å². The first-order chi connectivity index (χ1) is 12.4. The lowest BCUT2D eigenvalue weighted by molar-refractivity contribution is -0.117. The molecule has 0 aromatic heterocycles. The molecule has 0 rings (SSSR count). The van der Waals surface area contributed by atoms with Crippen molar-refractivity contribution in [2.75, 3.05) is 12.5 Å². The number of thioether (sulfide) groups is 2. The number of carbonyl (C=O) groups excluding carboxylic acids is 2. The summed E-state index contributed by atoms with van der Waals surface area (Å²) in [5.74, 6) is 0.672. The molecule has 0 aliphatic heterocycles. The van der Waals surface area contributed by atoms with Crippen LogP contribution in [0.15, 0.2) is 0 Å². The van der Waals surface area contributed by atoms with Gasteiger partial charge < -0.3 is 0 Å². The van der Waals surface area contributed by atoms with Gasteiger partial charge in [0.25, 0.3) is 0 Å². The Kier molecular flexibility index (Phi) is 23.2. The van der Waals surface area contributed by atoms with E-state index in [2.05, 4.69) is 13.8 Å². The first kappa shape index (κ1) is 28.3. The minimum atomic E-state index is 0.252. The van der Waals surface area contributed by atoms with E-state index in [1.807, 2.05) is 12.5 Å². The van der Waals surface area contributed by atoms with Crippen molar-refractivity contribution in [1.82, 2.24) is 0 Å². The van der Waals surface area contributed by atoms with Gasteiger partial charge in [-0.1, -0.05) is 78.1 Å². The summed E-state index contributed by atoms with van der Waals surface area (Å²) in [4.78, 5) is 22.1. The van der Waals surface area contributed by atoms with Crippen LogP contribution >= 0.6 is 23.5 Å². The van der Waals surface area contributed by atoms with Crippen LogP contribution in [0.3, 0.4) is 0 Å². The van der Waals surface area contributed by atoms with Crippen molar-refractivity contribution in [1.29, 1.82) is 0 Å². The minimum Gasteiger partial charge on any atom is -0.299 e. The van der Waals surface area contributed by atoms with Crippen LogP contribution in [0, 0.1) is 0 Å². The zero-order valence-corrected chi connectivity index (χ0v) is 19.9. The minimum absolute atomic E-state index is 0.252. The van der Waals surface area contributed by atoms with Crippen molar-refractivity contribution in [2.24, 2.45) is 0 Å². The standard InChI is InChI=1S/2C11H22OS/c2*1-4-5-6-7-8-9-11(13-3)10(2)12/h2*11H,4-9H2,1-3H3. The predicted molar refractivity (Wildman–Crippen MR) is 123 cm³/mol. The number of Topliss-reactive ketones (excluding diaryl/α,β-unsaturated/α-hetero) is 2. The van der Waals surface area contributed by atoms with Gasteiger partial charge in [-0.3, -0.25) is 9.59 Å². The average Bonchev–Trinajstić information content (AvgIpc) is 2.61. The van der Waals surface area contributed by atoms with Crippen molar-refractivity contribution < 1.29 is 9.59 Å². The molecule has 0 amide bonds. The molecule has 0 spiro atoms. The third-order valence-corrected chi connectivity index (χ3v) is 6.89.